The molecule has 9 nitrogen and oxygen atoms in total. The first kappa shape index (κ1) is 23.0. The molecule has 2 aromatic carbocycles. The molecule has 1 aliphatic heterocycles. The van der Waals surface area contributed by atoms with Gasteiger partial charge >= 0.3 is 6.03 Å². The van der Waals surface area contributed by atoms with Crippen molar-refractivity contribution in [1.29, 1.82) is 0 Å². The summed E-state index contributed by atoms with van der Waals surface area (Å²) in [5.41, 5.74) is 1.02. The van der Waals surface area contributed by atoms with Gasteiger partial charge in [-0.2, -0.15) is 0 Å². The van der Waals surface area contributed by atoms with E-state index in [1.54, 1.807) is 24.3 Å². The minimum Gasteiger partial charge on any atom is -0.491 e. The second kappa shape index (κ2) is 10.6. The third-order valence-corrected chi connectivity index (χ3v) is 4.73. The fraction of sp³-hybridized carbons (Fsp3) is 0.238. The van der Waals surface area contributed by atoms with Crippen LogP contribution >= 0.6 is 11.6 Å². The van der Waals surface area contributed by atoms with Crippen molar-refractivity contribution in [2.45, 2.75) is 12.8 Å². The fourth-order valence-electron chi connectivity index (χ4n) is 2.82. The number of benzene rings is 2. The number of hydrogen-bond acceptors (Lipinski definition) is 5. The Bertz CT molecular complexity index is 1020. The molecule has 0 spiro atoms. The molecule has 0 radical (unpaired) electrons. The zero-order chi connectivity index (χ0) is 23.1. The van der Waals surface area contributed by atoms with Crippen molar-refractivity contribution in [3.05, 3.63) is 53.3 Å². The molecule has 5 amide bonds. The number of carbonyl (C=O) groups is 4. The lowest BCUT2D eigenvalue weighted by Crippen LogP contribution is -2.33. The molecule has 0 atom stereocenters. The van der Waals surface area contributed by atoms with Crippen molar-refractivity contribution in [2.75, 3.05) is 30.3 Å². The first-order chi connectivity index (χ1) is 15.3. The highest BCUT2D eigenvalue weighted by Crippen LogP contribution is 2.25. The van der Waals surface area contributed by atoms with Crippen LogP contribution in [0.1, 0.15) is 12.8 Å². The standard InChI is InChI=1S/C21H20ClFN4O5/c22-16-11-13(23)1-6-17(16)32-10-8-19(29)26-15-4-2-14(3-5-15)25-18(28)7-9-27-20(30)12-24-21(27)31/h1-6,11H,7-10,12H2,(H,24,31)(H,25,28)(H,26,29). The predicted molar refractivity (Wildman–Crippen MR) is 115 cm³/mol. The number of imide groups is 1. The van der Waals surface area contributed by atoms with Crippen LogP contribution in [0.2, 0.25) is 5.02 Å². The van der Waals surface area contributed by atoms with Crippen molar-refractivity contribution in [2.24, 2.45) is 0 Å². The van der Waals surface area contributed by atoms with E-state index in [0.717, 1.165) is 11.0 Å². The quantitative estimate of drug-likeness (QED) is 0.495. The zero-order valence-corrected chi connectivity index (χ0v) is 17.6. The van der Waals surface area contributed by atoms with E-state index in [-0.39, 0.29) is 61.0 Å². The van der Waals surface area contributed by atoms with Gasteiger partial charge in [0, 0.05) is 24.3 Å². The van der Waals surface area contributed by atoms with Crippen LogP contribution < -0.4 is 20.7 Å². The number of nitrogens with zero attached hydrogens (tertiary/aromatic N) is 1. The van der Waals surface area contributed by atoms with Crippen LogP contribution in [0.25, 0.3) is 0 Å². The Morgan fingerprint density at radius 3 is 2.22 bits per heavy atom. The van der Waals surface area contributed by atoms with Crippen LogP contribution in [0.5, 0.6) is 5.75 Å². The van der Waals surface area contributed by atoms with Gasteiger partial charge in [0.1, 0.15) is 11.6 Å². The summed E-state index contributed by atoms with van der Waals surface area (Å²) < 4.78 is 18.4. The molecule has 0 aromatic heterocycles. The van der Waals surface area contributed by atoms with E-state index in [0.29, 0.717) is 11.4 Å². The maximum absolute atomic E-state index is 13.0. The van der Waals surface area contributed by atoms with Crippen LogP contribution in [0.15, 0.2) is 42.5 Å². The van der Waals surface area contributed by atoms with E-state index in [2.05, 4.69) is 16.0 Å². The first-order valence-electron chi connectivity index (χ1n) is 9.67. The second-order valence-corrected chi connectivity index (χ2v) is 7.21. The summed E-state index contributed by atoms with van der Waals surface area (Å²) >= 11 is 5.86. The van der Waals surface area contributed by atoms with Gasteiger partial charge in [-0.1, -0.05) is 11.6 Å². The van der Waals surface area contributed by atoms with Crippen LogP contribution in [-0.4, -0.2) is 48.3 Å². The number of ether oxygens (including phenoxy) is 1. The Kier molecular flexibility index (Phi) is 7.61. The number of carbonyl (C=O) groups excluding carboxylic acids is 4. The Morgan fingerprint density at radius 1 is 1.03 bits per heavy atom. The van der Waals surface area contributed by atoms with Crippen molar-refractivity contribution < 1.29 is 28.3 Å². The summed E-state index contributed by atoms with van der Waals surface area (Å²) in [5.74, 6) is -1.21. The molecule has 2 aromatic rings. The molecule has 168 valence electrons. The molecular weight excluding hydrogens is 443 g/mol. The largest absolute Gasteiger partial charge is 0.491 e. The Labute approximate surface area is 187 Å². The molecule has 0 unspecified atom stereocenters. The smallest absolute Gasteiger partial charge is 0.324 e. The van der Waals surface area contributed by atoms with Gasteiger partial charge in [0.25, 0.3) is 0 Å². The molecule has 0 bridgehead atoms. The normalized spacial score (nSPS) is 13.0. The lowest BCUT2D eigenvalue weighted by molar-refractivity contribution is -0.125. The third-order valence-electron chi connectivity index (χ3n) is 4.43. The minimum atomic E-state index is -0.506. The molecule has 1 saturated heterocycles. The van der Waals surface area contributed by atoms with Crippen LogP contribution in [0, 0.1) is 5.82 Å². The highest BCUT2D eigenvalue weighted by atomic mass is 35.5. The van der Waals surface area contributed by atoms with Crippen molar-refractivity contribution in [3.63, 3.8) is 0 Å². The Hall–Kier alpha value is -3.66. The molecule has 1 fully saturated rings. The van der Waals surface area contributed by atoms with Gasteiger partial charge in [-0.3, -0.25) is 19.3 Å². The van der Waals surface area contributed by atoms with Crippen molar-refractivity contribution in [3.8, 4) is 5.75 Å². The number of anilines is 2. The van der Waals surface area contributed by atoms with Gasteiger partial charge < -0.3 is 20.7 Å². The van der Waals surface area contributed by atoms with Gasteiger partial charge in [0.2, 0.25) is 17.7 Å². The fourth-order valence-corrected chi connectivity index (χ4v) is 3.05. The highest BCUT2D eigenvalue weighted by molar-refractivity contribution is 6.32. The van der Waals surface area contributed by atoms with Crippen LogP contribution in [0.4, 0.5) is 20.6 Å². The average molecular weight is 463 g/mol. The lowest BCUT2D eigenvalue weighted by atomic mass is 10.2. The first-order valence-corrected chi connectivity index (χ1v) is 10.1. The molecule has 0 saturated carbocycles. The van der Waals surface area contributed by atoms with E-state index in [9.17, 15) is 23.6 Å². The summed E-state index contributed by atoms with van der Waals surface area (Å²) in [7, 11) is 0. The van der Waals surface area contributed by atoms with Gasteiger partial charge in [0.05, 0.1) is 24.6 Å². The van der Waals surface area contributed by atoms with Crippen molar-refractivity contribution >= 4 is 46.7 Å². The number of hydrogen-bond donors (Lipinski definition) is 3. The number of nitrogens with one attached hydrogen (secondary N) is 3. The molecule has 1 aliphatic rings. The average Bonchev–Trinajstić information content (AvgIpc) is 3.07. The molecular formula is C21H20ClFN4O5. The lowest BCUT2D eigenvalue weighted by Gasteiger charge is -2.12. The molecule has 1 heterocycles. The monoisotopic (exact) mass is 462 g/mol. The summed E-state index contributed by atoms with van der Waals surface area (Å²) in [4.78, 5) is 48.0. The zero-order valence-electron chi connectivity index (χ0n) is 16.8. The Balaban J connectivity index is 1.39. The van der Waals surface area contributed by atoms with Gasteiger partial charge in [0.15, 0.2) is 0 Å². The summed E-state index contributed by atoms with van der Waals surface area (Å²) in [6.07, 6.45) is 0.0186. The molecule has 0 aliphatic carbocycles. The van der Waals surface area contributed by atoms with E-state index < -0.39 is 11.8 Å². The Morgan fingerprint density at radius 2 is 1.66 bits per heavy atom. The molecule has 3 N–H and O–H groups in total. The summed E-state index contributed by atoms with van der Waals surface area (Å²) in [6, 6.07) is 9.66. The van der Waals surface area contributed by atoms with Crippen LogP contribution in [0.3, 0.4) is 0 Å². The van der Waals surface area contributed by atoms with Crippen molar-refractivity contribution in [1.82, 2.24) is 10.2 Å². The number of halogens is 2. The van der Waals surface area contributed by atoms with E-state index in [1.807, 2.05) is 0 Å². The molecule has 3 rings (SSSR count). The van der Waals surface area contributed by atoms with Gasteiger partial charge in [-0.25, -0.2) is 9.18 Å². The molecule has 11 heteroatoms. The topological polar surface area (TPSA) is 117 Å². The summed E-state index contributed by atoms with van der Waals surface area (Å²) in [5, 5.41) is 7.86. The summed E-state index contributed by atoms with van der Waals surface area (Å²) in [6.45, 7) is -0.00153. The SMILES string of the molecule is O=C(CCOc1ccc(F)cc1Cl)Nc1ccc(NC(=O)CCN2C(=O)CNC2=O)cc1. The number of amides is 5. The van der Waals surface area contributed by atoms with E-state index in [4.69, 9.17) is 16.3 Å². The predicted octanol–water partition coefficient (Wildman–Crippen LogP) is 2.77. The highest BCUT2D eigenvalue weighted by Gasteiger charge is 2.28. The minimum absolute atomic E-state index is 0.00412. The van der Waals surface area contributed by atoms with Gasteiger partial charge in [-0.05, 0) is 42.5 Å². The maximum atomic E-state index is 13.0. The van der Waals surface area contributed by atoms with E-state index >= 15 is 0 Å². The van der Waals surface area contributed by atoms with E-state index in [1.165, 1.54) is 12.1 Å². The second-order valence-electron chi connectivity index (χ2n) is 6.80. The third kappa shape index (κ3) is 6.42. The maximum Gasteiger partial charge on any atom is 0.324 e. The van der Waals surface area contributed by atoms with Gasteiger partial charge in [-0.15, -0.1) is 0 Å². The number of rotatable bonds is 9. The van der Waals surface area contributed by atoms with Crippen LogP contribution in [-0.2, 0) is 14.4 Å². The number of urea groups is 1. The molecule has 32 heavy (non-hydrogen) atoms.